The molecule has 1 amide bonds. The monoisotopic (exact) mass is 326 g/mol. The van der Waals surface area contributed by atoms with Crippen LogP contribution in [0.4, 0.5) is 0 Å². The normalized spacial score (nSPS) is 18.5. The number of likely N-dealkylation sites (N-methyl/N-ethyl adjacent to an activating group) is 1. The summed E-state index contributed by atoms with van der Waals surface area (Å²) in [6.45, 7) is 3.95. The first kappa shape index (κ1) is 16.4. The summed E-state index contributed by atoms with van der Waals surface area (Å²) in [5.74, 6) is 0.837. The van der Waals surface area contributed by atoms with Gasteiger partial charge in [0.05, 0.1) is 24.4 Å². The van der Waals surface area contributed by atoms with Gasteiger partial charge in [-0.1, -0.05) is 18.2 Å². The van der Waals surface area contributed by atoms with Crippen LogP contribution in [0, 0.1) is 6.92 Å². The second kappa shape index (κ2) is 6.97. The third kappa shape index (κ3) is 3.10. The Bertz CT molecular complexity index is 734. The minimum absolute atomic E-state index is 0.0129. The number of methoxy groups -OCH3 is 1. The number of rotatable bonds is 3. The fourth-order valence-electron chi connectivity index (χ4n) is 3.11. The number of piperazine rings is 1. The van der Waals surface area contributed by atoms with Crippen LogP contribution in [0.1, 0.15) is 27.7 Å². The summed E-state index contributed by atoms with van der Waals surface area (Å²) in [7, 11) is 3.76. The summed E-state index contributed by atoms with van der Waals surface area (Å²) in [5, 5.41) is 0. The van der Waals surface area contributed by atoms with Crippen LogP contribution in [0.5, 0.6) is 5.75 Å². The molecule has 1 aromatic heterocycles. The molecule has 1 aliphatic rings. The number of aromatic nitrogens is 2. The van der Waals surface area contributed by atoms with Crippen molar-refractivity contribution in [2.75, 3.05) is 33.8 Å². The van der Waals surface area contributed by atoms with E-state index in [-0.39, 0.29) is 11.9 Å². The number of para-hydroxylation sites is 1. The number of benzene rings is 1. The fraction of sp³-hybridized carbons (Fsp3) is 0.389. The summed E-state index contributed by atoms with van der Waals surface area (Å²) >= 11 is 0. The Kier molecular flexibility index (Phi) is 4.76. The van der Waals surface area contributed by atoms with Crippen molar-refractivity contribution >= 4 is 5.91 Å². The van der Waals surface area contributed by atoms with Crippen molar-refractivity contribution in [1.82, 2.24) is 19.8 Å². The Morgan fingerprint density at radius 2 is 2.08 bits per heavy atom. The van der Waals surface area contributed by atoms with Gasteiger partial charge in [0.25, 0.3) is 5.91 Å². The Hall–Kier alpha value is -2.47. The van der Waals surface area contributed by atoms with Gasteiger partial charge >= 0.3 is 0 Å². The van der Waals surface area contributed by atoms with Gasteiger partial charge in [0.15, 0.2) is 0 Å². The lowest BCUT2D eigenvalue weighted by molar-refractivity contribution is 0.0540. The Morgan fingerprint density at radius 1 is 1.29 bits per heavy atom. The van der Waals surface area contributed by atoms with Gasteiger partial charge in [0, 0.05) is 31.4 Å². The van der Waals surface area contributed by atoms with Crippen LogP contribution in [0.2, 0.25) is 0 Å². The van der Waals surface area contributed by atoms with Crippen LogP contribution in [0.25, 0.3) is 0 Å². The quantitative estimate of drug-likeness (QED) is 0.862. The van der Waals surface area contributed by atoms with Crippen LogP contribution in [-0.2, 0) is 0 Å². The van der Waals surface area contributed by atoms with Gasteiger partial charge in [-0.2, -0.15) is 0 Å². The van der Waals surface area contributed by atoms with E-state index in [4.69, 9.17) is 4.74 Å². The van der Waals surface area contributed by atoms with Gasteiger partial charge in [0.1, 0.15) is 12.1 Å². The van der Waals surface area contributed by atoms with E-state index in [0.717, 1.165) is 17.9 Å². The lowest BCUT2D eigenvalue weighted by Gasteiger charge is -2.40. The predicted molar refractivity (Wildman–Crippen MR) is 91.0 cm³/mol. The highest BCUT2D eigenvalue weighted by Crippen LogP contribution is 2.31. The SMILES string of the molecule is COc1ccccc1[C@H]1CN(C(=O)c2cncnc2C)CCN1C. The zero-order chi connectivity index (χ0) is 17.1. The summed E-state index contributed by atoms with van der Waals surface area (Å²) in [6, 6.07) is 8.08. The van der Waals surface area contributed by atoms with Crippen LogP contribution >= 0.6 is 0 Å². The van der Waals surface area contributed by atoms with E-state index >= 15 is 0 Å². The molecule has 1 fully saturated rings. The molecule has 0 radical (unpaired) electrons. The topological polar surface area (TPSA) is 58.6 Å². The molecule has 1 aliphatic heterocycles. The van der Waals surface area contributed by atoms with Crippen LogP contribution in [0.3, 0.4) is 0 Å². The number of ether oxygens (including phenoxy) is 1. The molecule has 2 heterocycles. The van der Waals surface area contributed by atoms with Crippen molar-refractivity contribution in [3.05, 3.63) is 53.6 Å². The maximum atomic E-state index is 12.9. The minimum atomic E-state index is -0.0129. The molecular weight excluding hydrogens is 304 g/mol. The first-order valence-corrected chi connectivity index (χ1v) is 8.01. The minimum Gasteiger partial charge on any atom is -0.496 e. The molecule has 6 heteroatoms. The molecule has 1 atom stereocenters. The zero-order valence-corrected chi connectivity index (χ0v) is 14.3. The third-order valence-electron chi connectivity index (χ3n) is 4.58. The molecule has 24 heavy (non-hydrogen) atoms. The molecular formula is C18H22N4O2. The molecule has 0 aliphatic carbocycles. The largest absolute Gasteiger partial charge is 0.496 e. The molecule has 3 rings (SSSR count). The fourth-order valence-corrected chi connectivity index (χ4v) is 3.11. The van der Waals surface area contributed by atoms with Gasteiger partial charge < -0.3 is 9.64 Å². The smallest absolute Gasteiger partial charge is 0.257 e. The predicted octanol–water partition coefficient (Wildman–Crippen LogP) is 1.92. The van der Waals surface area contributed by atoms with Crippen LogP contribution in [0.15, 0.2) is 36.8 Å². The standard InChI is InChI=1S/C18H22N4O2/c1-13-15(10-19-12-20-13)18(23)22-9-8-21(2)16(11-22)14-6-4-5-7-17(14)24-3/h4-7,10,12,16H,8-9,11H2,1-3H3/t16-/m1/s1. The average molecular weight is 326 g/mol. The van der Waals surface area contributed by atoms with E-state index in [9.17, 15) is 4.79 Å². The molecule has 0 bridgehead atoms. The summed E-state index contributed by atoms with van der Waals surface area (Å²) in [5.41, 5.74) is 2.38. The third-order valence-corrected chi connectivity index (χ3v) is 4.58. The molecule has 0 N–H and O–H groups in total. The van der Waals surface area contributed by atoms with E-state index in [1.165, 1.54) is 6.33 Å². The molecule has 2 aromatic rings. The second-order valence-corrected chi connectivity index (χ2v) is 6.01. The number of nitrogens with zero attached hydrogens (tertiary/aromatic N) is 4. The Labute approximate surface area is 142 Å². The maximum Gasteiger partial charge on any atom is 0.257 e. The highest BCUT2D eigenvalue weighted by atomic mass is 16.5. The number of hydrogen-bond donors (Lipinski definition) is 0. The Morgan fingerprint density at radius 3 is 2.83 bits per heavy atom. The van der Waals surface area contributed by atoms with E-state index in [1.54, 1.807) is 13.3 Å². The van der Waals surface area contributed by atoms with Crippen LogP contribution in [-0.4, -0.2) is 59.5 Å². The first-order chi connectivity index (χ1) is 11.6. The van der Waals surface area contributed by atoms with Gasteiger partial charge in [0.2, 0.25) is 0 Å². The molecule has 1 aromatic carbocycles. The average Bonchev–Trinajstić information content (AvgIpc) is 2.62. The molecule has 1 saturated heterocycles. The van der Waals surface area contributed by atoms with E-state index < -0.39 is 0 Å². The number of hydrogen-bond acceptors (Lipinski definition) is 5. The number of carbonyl (C=O) groups is 1. The van der Waals surface area contributed by atoms with Crippen molar-refractivity contribution in [3.8, 4) is 5.75 Å². The van der Waals surface area contributed by atoms with E-state index in [0.29, 0.717) is 24.3 Å². The molecule has 6 nitrogen and oxygen atoms in total. The van der Waals surface area contributed by atoms with Crippen molar-refractivity contribution in [2.45, 2.75) is 13.0 Å². The number of amides is 1. The lowest BCUT2D eigenvalue weighted by Crippen LogP contribution is -2.49. The zero-order valence-electron chi connectivity index (χ0n) is 14.3. The molecule has 0 spiro atoms. The molecule has 0 unspecified atom stereocenters. The first-order valence-electron chi connectivity index (χ1n) is 8.01. The van der Waals surface area contributed by atoms with Gasteiger partial charge in [-0.05, 0) is 20.0 Å². The number of carbonyl (C=O) groups excluding carboxylic acids is 1. The van der Waals surface area contributed by atoms with Crippen molar-refractivity contribution in [2.24, 2.45) is 0 Å². The lowest BCUT2D eigenvalue weighted by atomic mass is 10.0. The van der Waals surface area contributed by atoms with Crippen molar-refractivity contribution < 1.29 is 9.53 Å². The van der Waals surface area contributed by atoms with Crippen molar-refractivity contribution in [1.29, 1.82) is 0 Å². The van der Waals surface area contributed by atoms with E-state index in [2.05, 4.69) is 28.0 Å². The van der Waals surface area contributed by atoms with Crippen molar-refractivity contribution in [3.63, 3.8) is 0 Å². The highest BCUT2D eigenvalue weighted by Gasteiger charge is 2.31. The molecule has 126 valence electrons. The van der Waals surface area contributed by atoms with E-state index in [1.807, 2.05) is 30.0 Å². The van der Waals surface area contributed by atoms with Gasteiger partial charge in [-0.3, -0.25) is 9.69 Å². The van der Waals surface area contributed by atoms with Crippen LogP contribution < -0.4 is 4.74 Å². The Balaban J connectivity index is 1.86. The second-order valence-electron chi connectivity index (χ2n) is 6.01. The van der Waals surface area contributed by atoms with Gasteiger partial charge in [-0.15, -0.1) is 0 Å². The summed E-state index contributed by atoms with van der Waals surface area (Å²) < 4.78 is 5.50. The van der Waals surface area contributed by atoms with Gasteiger partial charge in [-0.25, -0.2) is 9.97 Å². The number of aryl methyl sites for hydroxylation is 1. The summed E-state index contributed by atoms with van der Waals surface area (Å²) in [4.78, 5) is 25.1. The summed E-state index contributed by atoms with van der Waals surface area (Å²) in [6.07, 6.45) is 3.06. The maximum absolute atomic E-state index is 12.9. The highest BCUT2D eigenvalue weighted by molar-refractivity contribution is 5.95. The molecule has 0 saturated carbocycles.